The van der Waals surface area contributed by atoms with Gasteiger partial charge in [-0.1, -0.05) is 6.92 Å². The Hall–Kier alpha value is -0.550. The van der Waals surface area contributed by atoms with Gasteiger partial charge in [0.2, 0.25) is 0 Å². The first-order valence-electron chi connectivity index (χ1n) is 4.95. The van der Waals surface area contributed by atoms with Crippen LogP contribution in [0.25, 0.3) is 0 Å². The summed E-state index contributed by atoms with van der Waals surface area (Å²) >= 11 is 1.74. The van der Waals surface area contributed by atoms with Crippen LogP contribution in [-0.4, -0.2) is 42.1 Å². The number of methoxy groups -OCH3 is 1. The molecular weight excluding hydrogens is 216 g/mol. The maximum absolute atomic E-state index is 11.6. The highest BCUT2D eigenvalue weighted by Gasteiger charge is 2.57. The van der Waals surface area contributed by atoms with E-state index in [4.69, 9.17) is 4.74 Å². The molecule has 2 heterocycles. The van der Waals surface area contributed by atoms with Crippen LogP contribution in [0.15, 0.2) is 0 Å². The molecule has 0 bridgehead atoms. The Morgan fingerprint density at radius 1 is 1.67 bits per heavy atom. The zero-order valence-corrected chi connectivity index (χ0v) is 9.63. The van der Waals surface area contributed by atoms with Gasteiger partial charge in [-0.25, -0.2) is 0 Å². The second kappa shape index (κ2) is 3.79. The Kier molecular flexibility index (Phi) is 2.77. The molecule has 0 N–H and O–H groups in total. The SMILES string of the molecule is COC(=O)C1C(=O)COC12CSC(C)C2. The molecule has 15 heavy (non-hydrogen) atoms. The molecule has 1 spiro atoms. The lowest BCUT2D eigenvalue weighted by Gasteiger charge is -2.26. The van der Waals surface area contributed by atoms with Crippen molar-refractivity contribution in [3.8, 4) is 0 Å². The fourth-order valence-corrected chi connectivity index (χ4v) is 3.66. The van der Waals surface area contributed by atoms with Gasteiger partial charge in [-0.05, 0) is 6.42 Å². The van der Waals surface area contributed by atoms with E-state index in [1.54, 1.807) is 11.8 Å². The van der Waals surface area contributed by atoms with E-state index in [-0.39, 0.29) is 12.4 Å². The lowest BCUT2D eigenvalue weighted by atomic mass is 9.85. The molecule has 2 rings (SSSR count). The fourth-order valence-electron chi connectivity index (χ4n) is 2.33. The Morgan fingerprint density at radius 3 is 2.93 bits per heavy atom. The van der Waals surface area contributed by atoms with E-state index in [9.17, 15) is 9.59 Å². The van der Waals surface area contributed by atoms with Crippen LogP contribution in [-0.2, 0) is 19.1 Å². The molecule has 0 radical (unpaired) electrons. The molecule has 0 aromatic heterocycles. The summed E-state index contributed by atoms with van der Waals surface area (Å²) in [7, 11) is 1.31. The maximum Gasteiger partial charge on any atom is 0.319 e. The number of ether oxygens (including phenoxy) is 2. The molecule has 3 unspecified atom stereocenters. The number of rotatable bonds is 1. The number of esters is 1. The lowest BCUT2D eigenvalue weighted by Crippen LogP contribution is -2.42. The molecule has 4 nitrogen and oxygen atoms in total. The van der Waals surface area contributed by atoms with Crippen molar-refractivity contribution in [3.63, 3.8) is 0 Å². The van der Waals surface area contributed by atoms with Gasteiger partial charge in [-0.3, -0.25) is 9.59 Å². The quantitative estimate of drug-likeness (QED) is 0.489. The van der Waals surface area contributed by atoms with Gasteiger partial charge < -0.3 is 9.47 Å². The first kappa shape index (κ1) is 11.0. The number of carbonyl (C=O) groups is 2. The second-order valence-corrected chi connectivity index (χ2v) is 5.53. The second-order valence-electron chi connectivity index (χ2n) is 4.10. The van der Waals surface area contributed by atoms with Crippen LogP contribution >= 0.6 is 11.8 Å². The summed E-state index contributed by atoms with van der Waals surface area (Å²) in [6, 6.07) is 0. The van der Waals surface area contributed by atoms with Crippen molar-refractivity contribution in [2.45, 2.75) is 24.2 Å². The highest BCUT2D eigenvalue weighted by molar-refractivity contribution is 8.00. The van der Waals surface area contributed by atoms with Crippen molar-refractivity contribution >= 4 is 23.5 Å². The molecule has 2 aliphatic heterocycles. The Balaban J connectivity index is 2.24. The van der Waals surface area contributed by atoms with Crippen molar-refractivity contribution in [2.24, 2.45) is 5.92 Å². The third-order valence-electron chi connectivity index (χ3n) is 3.03. The number of carbonyl (C=O) groups excluding carboxylic acids is 2. The Morgan fingerprint density at radius 2 is 2.40 bits per heavy atom. The third-order valence-corrected chi connectivity index (χ3v) is 4.42. The van der Waals surface area contributed by atoms with Crippen LogP contribution in [0.1, 0.15) is 13.3 Å². The van der Waals surface area contributed by atoms with E-state index in [2.05, 4.69) is 11.7 Å². The van der Waals surface area contributed by atoms with Gasteiger partial charge in [0.05, 0.1) is 12.7 Å². The van der Waals surface area contributed by atoms with Gasteiger partial charge >= 0.3 is 5.97 Å². The van der Waals surface area contributed by atoms with Gasteiger partial charge in [0, 0.05) is 11.0 Å². The van der Waals surface area contributed by atoms with Crippen LogP contribution in [0, 0.1) is 5.92 Å². The molecule has 84 valence electrons. The Bertz CT molecular complexity index is 304. The van der Waals surface area contributed by atoms with E-state index in [1.165, 1.54) is 7.11 Å². The number of thioether (sulfide) groups is 1. The monoisotopic (exact) mass is 230 g/mol. The highest BCUT2D eigenvalue weighted by Crippen LogP contribution is 2.45. The lowest BCUT2D eigenvalue weighted by molar-refractivity contribution is -0.152. The minimum Gasteiger partial charge on any atom is -0.468 e. The minimum absolute atomic E-state index is 0.0487. The van der Waals surface area contributed by atoms with E-state index in [0.29, 0.717) is 11.0 Å². The molecule has 0 aromatic rings. The van der Waals surface area contributed by atoms with Gasteiger partial charge in [-0.2, -0.15) is 11.8 Å². The smallest absolute Gasteiger partial charge is 0.319 e. The van der Waals surface area contributed by atoms with Gasteiger partial charge in [0.1, 0.15) is 12.5 Å². The third kappa shape index (κ3) is 1.67. The Labute approximate surface area is 92.7 Å². The molecule has 0 saturated carbocycles. The number of Topliss-reactive ketones (excluding diaryl/α,β-unsaturated/α-hetero) is 1. The molecule has 0 aliphatic carbocycles. The molecule has 0 amide bonds. The van der Waals surface area contributed by atoms with Gasteiger partial charge in [0.25, 0.3) is 0 Å². The summed E-state index contributed by atoms with van der Waals surface area (Å²) in [5.41, 5.74) is -0.589. The molecule has 3 atom stereocenters. The summed E-state index contributed by atoms with van der Waals surface area (Å²) in [6.07, 6.45) is 0.753. The zero-order chi connectivity index (χ0) is 11.1. The normalized spacial score (nSPS) is 40.0. The van der Waals surface area contributed by atoms with Crippen LogP contribution in [0.5, 0.6) is 0 Å². The topological polar surface area (TPSA) is 52.6 Å². The van der Waals surface area contributed by atoms with Crippen LogP contribution < -0.4 is 0 Å². The van der Waals surface area contributed by atoms with Crippen molar-refractivity contribution in [1.82, 2.24) is 0 Å². The minimum atomic E-state index is -0.708. The standard InChI is InChI=1S/C10H14O4S/c1-6-3-10(5-15-6)8(9(12)13-2)7(11)4-14-10/h6,8H,3-5H2,1-2H3. The van der Waals surface area contributed by atoms with E-state index < -0.39 is 17.5 Å². The van der Waals surface area contributed by atoms with Crippen molar-refractivity contribution in [3.05, 3.63) is 0 Å². The van der Waals surface area contributed by atoms with Crippen LogP contribution in [0.4, 0.5) is 0 Å². The van der Waals surface area contributed by atoms with Gasteiger partial charge in [-0.15, -0.1) is 0 Å². The summed E-state index contributed by atoms with van der Waals surface area (Å²) in [5, 5.41) is 0.433. The molecule has 2 fully saturated rings. The van der Waals surface area contributed by atoms with Gasteiger partial charge in [0.15, 0.2) is 5.78 Å². The summed E-state index contributed by atoms with van der Waals surface area (Å²) in [5.74, 6) is -0.594. The average Bonchev–Trinajstić information content (AvgIpc) is 2.72. The number of ketones is 1. The fraction of sp³-hybridized carbons (Fsp3) is 0.800. The molecule has 5 heteroatoms. The van der Waals surface area contributed by atoms with E-state index in [1.807, 2.05) is 0 Å². The summed E-state index contributed by atoms with van der Waals surface area (Å²) in [6.45, 7) is 2.13. The number of hydrogen-bond donors (Lipinski definition) is 0. The summed E-state index contributed by atoms with van der Waals surface area (Å²) in [4.78, 5) is 23.2. The zero-order valence-electron chi connectivity index (χ0n) is 8.82. The summed E-state index contributed by atoms with van der Waals surface area (Å²) < 4.78 is 10.2. The van der Waals surface area contributed by atoms with Crippen molar-refractivity contribution in [2.75, 3.05) is 19.5 Å². The van der Waals surface area contributed by atoms with Crippen molar-refractivity contribution in [1.29, 1.82) is 0 Å². The maximum atomic E-state index is 11.6. The predicted octanol–water partition coefficient (Wildman–Crippen LogP) is 0.639. The molecule has 2 aliphatic rings. The van der Waals surface area contributed by atoms with Crippen molar-refractivity contribution < 1.29 is 19.1 Å². The molecule has 2 saturated heterocycles. The number of hydrogen-bond acceptors (Lipinski definition) is 5. The van der Waals surface area contributed by atoms with E-state index >= 15 is 0 Å². The van der Waals surface area contributed by atoms with E-state index in [0.717, 1.165) is 6.42 Å². The average molecular weight is 230 g/mol. The first-order chi connectivity index (χ1) is 7.09. The van der Waals surface area contributed by atoms with Crippen LogP contribution in [0.2, 0.25) is 0 Å². The predicted molar refractivity (Wildman–Crippen MR) is 55.7 cm³/mol. The molecule has 0 aromatic carbocycles. The largest absolute Gasteiger partial charge is 0.468 e. The first-order valence-corrected chi connectivity index (χ1v) is 6.00. The highest BCUT2D eigenvalue weighted by atomic mass is 32.2. The molecular formula is C10H14O4S. The van der Waals surface area contributed by atoms with Crippen LogP contribution in [0.3, 0.4) is 0 Å².